The molecule has 1 N–H and O–H groups in total. The molecule has 0 radical (unpaired) electrons. The standard InChI is InChI=1S/C33H24ClNO/c1-33(2)27-11-7-6-10-26(27)32-28(33)17-23(18-29(32)34)35-22-13-15-25-24-14-12-21(20-8-4-3-5-9-20)16-30(24)36-31(25)19-22/h3-19,35H,1-2H3/i1D3,2D3. The van der Waals surface area contributed by atoms with Crippen LogP contribution in [0.25, 0.3) is 44.2 Å². The van der Waals surface area contributed by atoms with Crippen LogP contribution in [0.2, 0.25) is 5.02 Å². The van der Waals surface area contributed by atoms with Crippen molar-refractivity contribution in [3.8, 4) is 22.3 Å². The molecule has 5 aromatic carbocycles. The molecule has 6 aromatic rings. The van der Waals surface area contributed by atoms with Crippen molar-refractivity contribution in [2.75, 3.05) is 5.32 Å². The molecule has 1 aromatic heterocycles. The number of halogens is 1. The van der Waals surface area contributed by atoms with E-state index in [0.29, 0.717) is 28.1 Å². The number of fused-ring (bicyclic) bond motifs is 6. The third-order valence-corrected chi connectivity index (χ3v) is 7.26. The van der Waals surface area contributed by atoms with Gasteiger partial charge in [0.1, 0.15) is 11.2 Å². The summed E-state index contributed by atoms with van der Waals surface area (Å²) in [6.07, 6.45) is 0. The van der Waals surface area contributed by atoms with Gasteiger partial charge in [-0.1, -0.05) is 86.0 Å². The number of hydrogen-bond donors (Lipinski definition) is 1. The average molecular weight is 492 g/mol. The SMILES string of the molecule is [2H]C([2H])([2H])C1(C([2H])([2H])[2H])c2ccccc2-c2c(Cl)cc(Nc3ccc4c(c3)oc3cc(-c5ccccc5)ccc34)cc21. The monoisotopic (exact) mass is 491 g/mol. The van der Waals surface area contributed by atoms with Gasteiger partial charge in [-0.05, 0) is 64.2 Å². The first-order valence-electron chi connectivity index (χ1n) is 14.7. The second kappa shape index (κ2) is 7.74. The number of nitrogens with one attached hydrogen (secondary N) is 1. The van der Waals surface area contributed by atoms with Crippen LogP contribution in [0.1, 0.15) is 33.1 Å². The lowest BCUT2D eigenvalue weighted by Crippen LogP contribution is -2.15. The van der Waals surface area contributed by atoms with Crippen LogP contribution in [0, 0.1) is 0 Å². The molecule has 0 spiro atoms. The zero-order valence-corrected chi connectivity index (χ0v) is 19.9. The van der Waals surface area contributed by atoms with E-state index in [-0.39, 0.29) is 16.1 Å². The van der Waals surface area contributed by atoms with E-state index in [0.717, 1.165) is 27.5 Å². The van der Waals surface area contributed by atoms with Gasteiger partial charge in [0, 0.05) is 47.4 Å². The van der Waals surface area contributed by atoms with Crippen LogP contribution in [0.15, 0.2) is 108 Å². The molecular formula is C33H24ClNO. The summed E-state index contributed by atoms with van der Waals surface area (Å²) in [6.45, 7) is -5.74. The van der Waals surface area contributed by atoms with E-state index < -0.39 is 19.1 Å². The quantitative estimate of drug-likeness (QED) is 0.266. The molecule has 2 nitrogen and oxygen atoms in total. The van der Waals surface area contributed by atoms with Gasteiger partial charge in [-0.2, -0.15) is 0 Å². The van der Waals surface area contributed by atoms with Crippen molar-refractivity contribution in [2.45, 2.75) is 19.1 Å². The van der Waals surface area contributed by atoms with Crippen molar-refractivity contribution in [1.82, 2.24) is 0 Å². The van der Waals surface area contributed by atoms with Crippen molar-refractivity contribution >= 4 is 44.9 Å². The van der Waals surface area contributed by atoms with Gasteiger partial charge in [0.2, 0.25) is 0 Å². The number of benzene rings is 5. The van der Waals surface area contributed by atoms with E-state index in [1.165, 1.54) is 0 Å². The van der Waals surface area contributed by atoms with Crippen LogP contribution in [0.5, 0.6) is 0 Å². The summed E-state index contributed by atoms with van der Waals surface area (Å²) in [6, 6.07) is 32.0. The smallest absolute Gasteiger partial charge is 0.137 e. The molecule has 36 heavy (non-hydrogen) atoms. The average Bonchev–Trinajstić information content (AvgIpc) is 3.46. The van der Waals surface area contributed by atoms with Gasteiger partial charge in [-0.15, -0.1) is 0 Å². The second-order valence-corrected chi connectivity index (χ2v) is 9.60. The summed E-state index contributed by atoms with van der Waals surface area (Å²) in [5.74, 6) is 0. The minimum Gasteiger partial charge on any atom is -0.456 e. The van der Waals surface area contributed by atoms with E-state index in [9.17, 15) is 0 Å². The minimum atomic E-state index is -2.87. The van der Waals surface area contributed by atoms with Crippen LogP contribution in [-0.4, -0.2) is 0 Å². The molecule has 0 unspecified atom stereocenters. The first-order valence-corrected chi connectivity index (χ1v) is 12.1. The Balaban J connectivity index is 1.33. The Morgan fingerprint density at radius 1 is 0.694 bits per heavy atom. The molecule has 174 valence electrons. The van der Waals surface area contributed by atoms with Crippen molar-refractivity contribution < 1.29 is 12.6 Å². The van der Waals surface area contributed by atoms with Gasteiger partial charge < -0.3 is 9.73 Å². The second-order valence-electron chi connectivity index (χ2n) is 9.19. The fourth-order valence-corrected chi connectivity index (χ4v) is 5.57. The third kappa shape index (κ3) is 3.18. The zero-order chi connectivity index (χ0) is 29.4. The van der Waals surface area contributed by atoms with Crippen LogP contribution < -0.4 is 5.32 Å². The summed E-state index contributed by atoms with van der Waals surface area (Å²) in [5.41, 5.74) is 3.89. The summed E-state index contributed by atoms with van der Waals surface area (Å²) < 4.78 is 57.0. The lowest BCUT2D eigenvalue weighted by molar-refractivity contribution is 0.660. The van der Waals surface area contributed by atoms with E-state index in [4.69, 9.17) is 24.2 Å². The number of rotatable bonds is 3. The fourth-order valence-electron chi connectivity index (χ4n) is 5.25. The lowest BCUT2D eigenvalue weighted by Gasteiger charge is -2.22. The zero-order valence-electron chi connectivity index (χ0n) is 25.1. The Bertz CT molecular complexity index is 2000. The van der Waals surface area contributed by atoms with E-state index in [1.807, 2.05) is 42.5 Å². The van der Waals surface area contributed by atoms with Gasteiger partial charge in [0.25, 0.3) is 0 Å². The highest BCUT2D eigenvalue weighted by atomic mass is 35.5. The van der Waals surface area contributed by atoms with Gasteiger partial charge in [0.15, 0.2) is 0 Å². The predicted molar refractivity (Wildman–Crippen MR) is 151 cm³/mol. The number of furan rings is 1. The number of hydrogen-bond acceptors (Lipinski definition) is 2. The minimum absolute atomic E-state index is 0.164. The Kier molecular flexibility index (Phi) is 3.42. The molecule has 0 aliphatic heterocycles. The molecule has 0 atom stereocenters. The van der Waals surface area contributed by atoms with Crippen LogP contribution in [-0.2, 0) is 5.41 Å². The maximum Gasteiger partial charge on any atom is 0.137 e. The van der Waals surface area contributed by atoms with E-state index in [1.54, 1.807) is 36.4 Å². The van der Waals surface area contributed by atoms with Gasteiger partial charge in [-0.25, -0.2) is 0 Å². The maximum atomic E-state index is 8.47. The van der Waals surface area contributed by atoms with Crippen LogP contribution >= 0.6 is 11.6 Å². The largest absolute Gasteiger partial charge is 0.456 e. The van der Waals surface area contributed by atoms with Crippen molar-refractivity contribution in [2.24, 2.45) is 0 Å². The summed E-state index contributed by atoms with van der Waals surface area (Å²) in [7, 11) is 0. The van der Waals surface area contributed by atoms with Crippen LogP contribution in [0.3, 0.4) is 0 Å². The maximum absolute atomic E-state index is 8.47. The first kappa shape index (κ1) is 15.9. The number of anilines is 2. The van der Waals surface area contributed by atoms with E-state index >= 15 is 0 Å². The van der Waals surface area contributed by atoms with Crippen LogP contribution in [0.4, 0.5) is 11.4 Å². The molecule has 7 rings (SSSR count). The summed E-state index contributed by atoms with van der Waals surface area (Å²) in [4.78, 5) is 0. The Morgan fingerprint density at radius 3 is 2.28 bits per heavy atom. The summed E-state index contributed by atoms with van der Waals surface area (Å²) in [5, 5.41) is 5.53. The topological polar surface area (TPSA) is 25.2 Å². The Labute approximate surface area is 223 Å². The fraction of sp³-hybridized carbons (Fsp3) is 0.0909. The molecular weight excluding hydrogens is 462 g/mol. The lowest BCUT2D eigenvalue weighted by atomic mass is 9.82. The molecule has 0 amide bonds. The molecule has 3 heteroatoms. The molecule has 1 aliphatic rings. The van der Waals surface area contributed by atoms with Gasteiger partial charge in [0.05, 0.1) is 5.02 Å². The molecule has 0 bridgehead atoms. The van der Waals surface area contributed by atoms with E-state index in [2.05, 4.69) is 29.6 Å². The highest BCUT2D eigenvalue weighted by molar-refractivity contribution is 6.34. The predicted octanol–water partition coefficient (Wildman–Crippen LogP) is 9.96. The Hall–Kier alpha value is -4.01. The molecule has 1 heterocycles. The molecule has 1 aliphatic carbocycles. The summed E-state index contributed by atoms with van der Waals surface area (Å²) >= 11 is 6.78. The Morgan fingerprint density at radius 2 is 1.44 bits per heavy atom. The van der Waals surface area contributed by atoms with Crippen molar-refractivity contribution in [1.29, 1.82) is 0 Å². The highest BCUT2D eigenvalue weighted by Gasteiger charge is 2.36. The molecule has 0 saturated carbocycles. The normalized spacial score (nSPS) is 16.8. The van der Waals surface area contributed by atoms with Gasteiger partial charge >= 0.3 is 0 Å². The highest BCUT2D eigenvalue weighted by Crippen LogP contribution is 2.52. The van der Waals surface area contributed by atoms with Crippen molar-refractivity contribution in [3.63, 3.8) is 0 Å². The van der Waals surface area contributed by atoms with Gasteiger partial charge in [-0.3, -0.25) is 0 Å². The first-order chi connectivity index (χ1) is 20.0. The third-order valence-electron chi connectivity index (χ3n) is 6.96. The molecule has 0 fully saturated rings. The van der Waals surface area contributed by atoms with Crippen molar-refractivity contribution in [3.05, 3.63) is 119 Å². The molecule has 0 saturated heterocycles.